The van der Waals surface area contributed by atoms with Crippen LogP contribution in [-0.2, 0) is 35.1 Å². The molecule has 0 aromatic heterocycles. The maximum absolute atomic E-state index is 13.3. The highest BCUT2D eigenvalue weighted by Gasteiger charge is 2.41. The molecule has 10 nitrogen and oxygen atoms in total. The van der Waals surface area contributed by atoms with Gasteiger partial charge in [-0.25, -0.2) is 4.39 Å². The molecule has 4 amide bonds. The van der Waals surface area contributed by atoms with E-state index in [0.29, 0.717) is 31.4 Å². The van der Waals surface area contributed by atoms with Gasteiger partial charge >= 0.3 is 18.2 Å². The van der Waals surface area contributed by atoms with E-state index in [1.54, 1.807) is 6.92 Å². The Labute approximate surface area is 215 Å². The predicted molar refractivity (Wildman–Crippen MR) is 122 cm³/mol. The molecule has 3 atom stereocenters. The Bertz CT molecular complexity index is 1070. The SMILES string of the molecule is CC1(NC(=O)C(=O)NC(Cc2ccc(F)cc2)C(=O)NC(CC2CCNC2=O)C(=O)COC(F)(F)F)CC1. The van der Waals surface area contributed by atoms with Crippen LogP contribution >= 0.6 is 0 Å². The van der Waals surface area contributed by atoms with E-state index in [2.05, 4.69) is 26.0 Å². The zero-order chi connectivity index (χ0) is 28.1. The van der Waals surface area contributed by atoms with Crippen molar-refractivity contribution in [3.05, 3.63) is 35.6 Å². The summed E-state index contributed by atoms with van der Waals surface area (Å²) in [5.41, 5.74) is -0.138. The number of amides is 4. The van der Waals surface area contributed by atoms with E-state index in [-0.39, 0.29) is 12.8 Å². The lowest BCUT2D eigenvalue weighted by Gasteiger charge is -2.24. The second-order valence-electron chi connectivity index (χ2n) is 9.65. The molecule has 1 aliphatic carbocycles. The molecule has 4 N–H and O–H groups in total. The van der Waals surface area contributed by atoms with Crippen molar-refractivity contribution in [1.29, 1.82) is 0 Å². The van der Waals surface area contributed by atoms with E-state index in [4.69, 9.17) is 0 Å². The number of nitrogens with one attached hydrogen (secondary N) is 4. The first-order valence-corrected chi connectivity index (χ1v) is 11.9. The number of benzene rings is 1. The number of carbonyl (C=O) groups is 5. The molecular weight excluding hydrogens is 516 g/mol. The highest BCUT2D eigenvalue weighted by atomic mass is 19.4. The third-order valence-electron chi connectivity index (χ3n) is 6.36. The molecule has 0 spiro atoms. The number of hydrogen-bond acceptors (Lipinski definition) is 6. The summed E-state index contributed by atoms with van der Waals surface area (Å²) < 4.78 is 54.5. The van der Waals surface area contributed by atoms with Crippen LogP contribution in [0.25, 0.3) is 0 Å². The van der Waals surface area contributed by atoms with Crippen LogP contribution in [0.1, 0.15) is 38.2 Å². The number of ketones is 1. The van der Waals surface area contributed by atoms with E-state index in [1.165, 1.54) is 12.1 Å². The van der Waals surface area contributed by atoms with E-state index >= 15 is 0 Å². The van der Waals surface area contributed by atoms with Crippen LogP contribution in [0.2, 0.25) is 0 Å². The second kappa shape index (κ2) is 11.9. The molecule has 1 aromatic carbocycles. The molecule has 208 valence electrons. The van der Waals surface area contributed by atoms with Crippen molar-refractivity contribution in [3.8, 4) is 0 Å². The second-order valence-corrected chi connectivity index (χ2v) is 9.65. The molecule has 1 saturated heterocycles. The van der Waals surface area contributed by atoms with E-state index in [9.17, 15) is 41.5 Å². The van der Waals surface area contributed by atoms with Gasteiger partial charge in [-0.1, -0.05) is 12.1 Å². The van der Waals surface area contributed by atoms with Gasteiger partial charge in [-0.05, 0) is 50.3 Å². The van der Waals surface area contributed by atoms with Gasteiger partial charge in [0.15, 0.2) is 5.78 Å². The first-order valence-electron chi connectivity index (χ1n) is 11.9. The number of alkyl halides is 3. The minimum Gasteiger partial charge on any atom is -0.356 e. The van der Waals surface area contributed by atoms with E-state index in [1.807, 2.05) is 0 Å². The lowest BCUT2D eigenvalue weighted by molar-refractivity contribution is -0.321. The van der Waals surface area contributed by atoms with Crippen molar-refractivity contribution in [2.75, 3.05) is 13.2 Å². The van der Waals surface area contributed by atoms with Gasteiger partial charge in [-0.15, -0.1) is 13.2 Å². The van der Waals surface area contributed by atoms with Gasteiger partial charge in [0.2, 0.25) is 11.8 Å². The number of Topliss-reactive ketones (excluding diaryl/α,β-unsaturated/α-hetero) is 1. The zero-order valence-electron chi connectivity index (χ0n) is 20.5. The molecule has 14 heteroatoms. The molecular formula is C24H28F4N4O6. The van der Waals surface area contributed by atoms with Crippen LogP contribution < -0.4 is 21.3 Å². The molecule has 2 aliphatic rings. The van der Waals surface area contributed by atoms with Crippen molar-refractivity contribution < 1.29 is 46.3 Å². The van der Waals surface area contributed by atoms with Crippen molar-refractivity contribution in [2.45, 2.75) is 63.0 Å². The first-order chi connectivity index (χ1) is 17.7. The van der Waals surface area contributed by atoms with Crippen LogP contribution in [-0.4, -0.2) is 66.5 Å². The fraction of sp³-hybridized carbons (Fsp3) is 0.542. The van der Waals surface area contributed by atoms with Crippen molar-refractivity contribution in [2.24, 2.45) is 5.92 Å². The Balaban J connectivity index is 1.76. The summed E-state index contributed by atoms with van der Waals surface area (Å²) in [6, 6.07) is 1.91. The lowest BCUT2D eigenvalue weighted by atomic mass is 9.95. The summed E-state index contributed by atoms with van der Waals surface area (Å²) in [5, 5.41) is 9.65. The number of ether oxygens (including phenoxy) is 1. The average molecular weight is 545 g/mol. The third-order valence-corrected chi connectivity index (χ3v) is 6.36. The number of carbonyl (C=O) groups excluding carboxylic acids is 5. The molecule has 0 radical (unpaired) electrons. The topological polar surface area (TPSA) is 143 Å². The smallest absolute Gasteiger partial charge is 0.356 e. The molecule has 3 rings (SSSR count). The normalized spacial score (nSPS) is 19.6. The maximum Gasteiger partial charge on any atom is 0.522 e. The van der Waals surface area contributed by atoms with Crippen LogP contribution in [0.15, 0.2) is 24.3 Å². The van der Waals surface area contributed by atoms with Gasteiger partial charge in [0.25, 0.3) is 0 Å². The van der Waals surface area contributed by atoms with Crippen LogP contribution in [0.5, 0.6) is 0 Å². The summed E-state index contributed by atoms with van der Waals surface area (Å²) in [4.78, 5) is 62.6. The van der Waals surface area contributed by atoms with Crippen molar-refractivity contribution in [3.63, 3.8) is 0 Å². The van der Waals surface area contributed by atoms with Crippen LogP contribution in [0.3, 0.4) is 0 Å². The molecule has 1 aromatic rings. The first kappa shape index (κ1) is 29.0. The summed E-state index contributed by atoms with van der Waals surface area (Å²) in [6.07, 6.45) is -3.99. The monoisotopic (exact) mass is 544 g/mol. The quantitative estimate of drug-likeness (QED) is 0.238. The largest absolute Gasteiger partial charge is 0.522 e. The van der Waals surface area contributed by atoms with Crippen molar-refractivity contribution >= 4 is 29.4 Å². The Kier molecular flexibility index (Phi) is 9.07. The molecule has 1 saturated carbocycles. The van der Waals surface area contributed by atoms with E-state index < -0.39 is 71.7 Å². The van der Waals surface area contributed by atoms with Crippen LogP contribution in [0.4, 0.5) is 17.6 Å². The number of hydrogen-bond donors (Lipinski definition) is 4. The summed E-state index contributed by atoms with van der Waals surface area (Å²) in [6.45, 7) is 0.632. The number of halogens is 4. The summed E-state index contributed by atoms with van der Waals surface area (Å²) >= 11 is 0. The minimum absolute atomic E-state index is 0.230. The predicted octanol–water partition coefficient (Wildman–Crippen LogP) is 0.638. The van der Waals surface area contributed by atoms with Gasteiger partial charge in [0.05, 0.1) is 6.04 Å². The Morgan fingerprint density at radius 1 is 1.08 bits per heavy atom. The summed E-state index contributed by atoms with van der Waals surface area (Å²) in [7, 11) is 0. The third kappa shape index (κ3) is 8.78. The fourth-order valence-electron chi connectivity index (χ4n) is 3.88. The maximum atomic E-state index is 13.3. The Morgan fingerprint density at radius 2 is 1.74 bits per heavy atom. The molecule has 2 fully saturated rings. The highest BCUT2D eigenvalue weighted by molar-refractivity contribution is 6.35. The van der Waals surface area contributed by atoms with Gasteiger partial charge < -0.3 is 21.3 Å². The van der Waals surface area contributed by atoms with E-state index in [0.717, 1.165) is 12.1 Å². The minimum atomic E-state index is -5.10. The fourth-order valence-corrected chi connectivity index (χ4v) is 3.88. The van der Waals surface area contributed by atoms with Gasteiger partial charge in [0, 0.05) is 24.4 Å². The van der Waals surface area contributed by atoms with Gasteiger partial charge in [-0.2, -0.15) is 0 Å². The standard InChI is InChI=1S/C24H28F4N4O6/c1-23(7-8-23)32-22(37)21(36)31-17(10-13-2-4-15(25)5-3-13)20(35)30-16(11-14-6-9-29-19(14)34)18(33)12-38-24(26,27)28/h2-5,14,16-17H,6-12H2,1H3,(H,29,34)(H,30,35)(H,31,36)(H,32,37). The van der Waals surface area contributed by atoms with Gasteiger partial charge in [0.1, 0.15) is 18.5 Å². The lowest BCUT2D eigenvalue weighted by Crippen LogP contribution is -2.56. The van der Waals surface area contributed by atoms with Gasteiger partial charge in [-0.3, -0.25) is 28.7 Å². The van der Waals surface area contributed by atoms with Crippen molar-refractivity contribution in [1.82, 2.24) is 21.3 Å². The Morgan fingerprint density at radius 3 is 2.29 bits per heavy atom. The molecule has 1 heterocycles. The molecule has 1 aliphatic heterocycles. The summed E-state index contributed by atoms with van der Waals surface area (Å²) in [5.74, 6) is -5.98. The Hall–Kier alpha value is -3.55. The molecule has 38 heavy (non-hydrogen) atoms. The molecule has 0 bridgehead atoms. The zero-order valence-corrected chi connectivity index (χ0v) is 20.5. The highest BCUT2D eigenvalue weighted by Crippen LogP contribution is 2.34. The van der Waals surface area contributed by atoms with Crippen LogP contribution in [0, 0.1) is 11.7 Å². The average Bonchev–Trinajstić information content (AvgIpc) is 3.43. The molecule has 3 unspecified atom stereocenters. The number of rotatable bonds is 11.